The van der Waals surface area contributed by atoms with Gasteiger partial charge in [-0.2, -0.15) is 0 Å². The van der Waals surface area contributed by atoms with E-state index < -0.39 is 45.0 Å². The summed E-state index contributed by atoms with van der Waals surface area (Å²) in [6.45, 7) is 10.6. The molecule has 1 aromatic rings. The van der Waals surface area contributed by atoms with E-state index in [0.717, 1.165) is 5.56 Å². The van der Waals surface area contributed by atoms with Crippen molar-refractivity contribution in [3.05, 3.63) is 35.9 Å². The predicted octanol–water partition coefficient (Wildman–Crippen LogP) is 5.57. The molecule has 0 aliphatic carbocycles. The molecule has 42 heavy (non-hydrogen) atoms. The molecule has 238 valence electrons. The van der Waals surface area contributed by atoms with E-state index in [1.54, 1.807) is 41.5 Å². The number of hydrogen-bond donors (Lipinski definition) is 4. The maximum atomic E-state index is 12.7. The van der Waals surface area contributed by atoms with Crippen LogP contribution in [0.5, 0.6) is 0 Å². The number of carbonyl (C=O) groups is 3. The lowest BCUT2D eigenvalue weighted by atomic mass is 10.1. The molecule has 3 amide bonds. The number of ether oxygens (including phenoxy) is 3. The van der Waals surface area contributed by atoms with Gasteiger partial charge in [0.05, 0.1) is 6.04 Å². The molecule has 0 aliphatic heterocycles. The van der Waals surface area contributed by atoms with Gasteiger partial charge in [0.2, 0.25) is 5.96 Å². The summed E-state index contributed by atoms with van der Waals surface area (Å²) < 4.78 is 15.3. The fourth-order valence-corrected chi connectivity index (χ4v) is 6.72. The first kappa shape index (κ1) is 37.7. The lowest BCUT2D eigenvalue weighted by Gasteiger charge is -2.38. The van der Waals surface area contributed by atoms with Gasteiger partial charge in [0, 0.05) is 6.54 Å². The Morgan fingerprint density at radius 1 is 0.905 bits per heavy atom. The van der Waals surface area contributed by atoms with Crippen molar-refractivity contribution >= 4 is 59.5 Å². The van der Waals surface area contributed by atoms with Crippen molar-refractivity contribution in [2.45, 2.75) is 87.7 Å². The lowest BCUT2D eigenvalue weighted by Crippen LogP contribution is -2.51. The number of nitrogens with one attached hydrogen (secondary N) is 3. The zero-order valence-electron chi connectivity index (χ0n) is 25.9. The normalized spacial score (nSPS) is 13.9. The van der Waals surface area contributed by atoms with Crippen molar-refractivity contribution in [3.63, 3.8) is 0 Å². The second-order valence-electron chi connectivity index (χ2n) is 11.1. The molecule has 0 bridgehead atoms. The Morgan fingerprint density at radius 2 is 1.48 bits per heavy atom. The van der Waals surface area contributed by atoms with Gasteiger partial charge in [0.25, 0.3) is 0 Å². The highest BCUT2D eigenvalue weighted by atomic mass is 32.3. The number of aliphatic imine (C=N–C) groups is 1. The van der Waals surface area contributed by atoms with E-state index in [4.69, 9.17) is 14.2 Å². The number of benzene rings is 1. The van der Waals surface area contributed by atoms with Gasteiger partial charge < -0.3 is 30.0 Å². The van der Waals surface area contributed by atoms with E-state index in [1.165, 1.54) is 35.3 Å². The molecule has 0 saturated carbocycles. The van der Waals surface area contributed by atoms with Gasteiger partial charge in [0.15, 0.2) is 0 Å². The van der Waals surface area contributed by atoms with Gasteiger partial charge in [-0.1, -0.05) is 30.3 Å². The van der Waals surface area contributed by atoms with Gasteiger partial charge >= 0.3 is 18.3 Å². The van der Waals surface area contributed by atoms with Crippen LogP contribution in [-0.2, 0) is 20.8 Å². The molecule has 0 aliphatic rings. The van der Waals surface area contributed by atoms with Crippen LogP contribution in [0.15, 0.2) is 35.3 Å². The number of guanidine groups is 1. The molecule has 2 atom stereocenters. The Morgan fingerprint density at radius 3 is 2.00 bits per heavy atom. The molecule has 0 saturated heterocycles. The molecular formula is C28H46N4O7S3. The number of aliphatic hydroxyl groups excluding tert-OH is 1. The van der Waals surface area contributed by atoms with Gasteiger partial charge in [-0.15, -0.1) is 40.3 Å². The highest BCUT2D eigenvalue weighted by molar-refractivity contribution is 8.33. The van der Waals surface area contributed by atoms with Crippen molar-refractivity contribution in [1.82, 2.24) is 16.0 Å². The minimum Gasteiger partial charge on any atom is -0.445 e. The van der Waals surface area contributed by atoms with Gasteiger partial charge in [-0.3, -0.25) is 5.32 Å². The van der Waals surface area contributed by atoms with Crippen LogP contribution in [0.2, 0.25) is 0 Å². The lowest BCUT2D eigenvalue weighted by molar-refractivity contribution is 0.0560. The smallest absolute Gasteiger partial charge is 0.437 e. The Balaban J connectivity index is 2.98. The summed E-state index contributed by atoms with van der Waals surface area (Å²) in [6, 6.07) is 8.65. The Labute approximate surface area is 262 Å². The van der Waals surface area contributed by atoms with Crippen molar-refractivity contribution in [3.8, 4) is 0 Å². The molecule has 14 heteroatoms. The predicted molar refractivity (Wildman–Crippen MR) is 173 cm³/mol. The summed E-state index contributed by atoms with van der Waals surface area (Å²) in [6.07, 6.45) is 3.24. The zero-order valence-corrected chi connectivity index (χ0v) is 28.4. The Hall–Kier alpha value is -2.29. The zero-order chi connectivity index (χ0) is 32.0. The number of rotatable bonds is 12. The Kier molecular flexibility index (Phi) is 15.9. The first-order valence-corrected chi connectivity index (χ1v) is 17.1. The van der Waals surface area contributed by atoms with Crippen LogP contribution in [0.25, 0.3) is 0 Å². The molecule has 11 nitrogen and oxygen atoms in total. The first-order valence-electron chi connectivity index (χ1n) is 13.4. The van der Waals surface area contributed by atoms with E-state index in [-0.39, 0.29) is 19.1 Å². The summed E-state index contributed by atoms with van der Waals surface area (Å²) in [7, 11) is 0. The average Bonchev–Trinajstić information content (AvgIpc) is 2.88. The molecule has 1 aromatic carbocycles. The molecule has 0 spiro atoms. The number of alkyl carbamates (subject to hydrolysis) is 2. The number of nitrogens with zero attached hydrogens (tertiary/aromatic N) is 1. The van der Waals surface area contributed by atoms with Gasteiger partial charge in [0.1, 0.15) is 27.3 Å². The fraction of sp³-hybridized carbons (Fsp3) is 0.643. The van der Waals surface area contributed by atoms with Crippen molar-refractivity contribution in [1.29, 1.82) is 0 Å². The third-order valence-corrected chi connectivity index (χ3v) is 10.7. The number of thioether (sulfide) groups is 3. The summed E-state index contributed by atoms with van der Waals surface area (Å²) in [4.78, 5) is 41.2. The third kappa shape index (κ3) is 14.7. The summed E-state index contributed by atoms with van der Waals surface area (Å²) >= 11 is 4.48. The second-order valence-corrected chi connectivity index (χ2v) is 15.0. The van der Waals surface area contributed by atoms with Crippen molar-refractivity contribution < 1.29 is 33.7 Å². The largest absolute Gasteiger partial charge is 0.445 e. The molecule has 0 aromatic heterocycles. The highest BCUT2D eigenvalue weighted by Crippen LogP contribution is 2.47. The summed E-state index contributed by atoms with van der Waals surface area (Å²) in [5.74, 6) is -0.141. The van der Waals surface area contributed by atoms with Crippen molar-refractivity contribution in [2.24, 2.45) is 4.99 Å². The van der Waals surface area contributed by atoms with E-state index in [2.05, 4.69) is 20.9 Å². The van der Waals surface area contributed by atoms with Crippen LogP contribution >= 0.6 is 35.3 Å². The average molecular weight is 647 g/mol. The number of amides is 3. The molecule has 1 unspecified atom stereocenters. The SMILES string of the molecule is CSC(SC)(SC)C(O)[C@H](CCCN/C(=N/C(=O)OC(C)(C)C)NC(=O)OC(C)(C)C)NC(=O)OCc1ccccc1. The molecule has 1 rings (SSSR count). The summed E-state index contributed by atoms with van der Waals surface area (Å²) in [5.41, 5.74) is -0.695. The number of carbonyl (C=O) groups excluding carboxylic acids is 3. The molecule has 0 radical (unpaired) electrons. The molecule has 0 heterocycles. The summed E-state index contributed by atoms with van der Waals surface area (Å²) in [5, 5.41) is 19.6. The number of hydrogen-bond acceptors (Lipinski definition) is 10. The minimum absolute atomic E-state index is 0.0938. The second kappa shape index (κ2) is 17.7. The monoisotopic (exact) mass is 646 g/mol. The minimum atomic E-state index is -0.934. The highest BCUT2D eigenvalue weighted by Gasteiger charge is 2.41. The van der Waals surface area contributed by atoms with E-state index in [1.807, 2.05) is 49.1 Å². The van der Waals surface area contributed by atoms with Crippen LogP contribution in [0.4, 0.5) is 14.4 Å². The van der Waals surface area contributed by atoms with E-state index in [0.29, 0.717) is 12.8 Å². The standard InChI is InChI=1S/C28H46N4O7S3/c1-26(2,3)38-24(35)31-22(32-25(36)39-27(4,5)6)29-17-13-16-20(21(33)28(40-7,41-8)42-9)30-23(34)37-18-19-14-11-10-12-15-19/h10-12,14-15,20-21,33H,13,16-18H2,1-9H3,(H,30,34)(H2,29,31,32,35,36)/t20-,21?/m0/s1. The molecule has 0 fully saturated rings. The maximum absolute atomic E-state index is 12.7. The Bertz CT molecular complexity index is 1020. The quantitative estimate of drug-likeness (QED) is 0.0743. The van der Waals surface area contributed by atoms with Gasteiger partial charge in [-0.05, 0) is 78.7 Å². The van der Waals surface area contributed by atoms with Crippen LogP contribution < -0.4 is 16.0 Å². The van der Waals surface area contributed by atoms with Crippen LogP contribution in [0, 0.1) is 0 Å². The van der Waals surface area contributed by atoms with Crippen molar-refractivity contribution in [2.75, 3.05) is 25.3 Å². The van der Waals surface area contributed by atoms with Crippen LogP contribution in [-0.4, -0.2) is 81.4 Å². The molecular weight excluding hydrogens is 601 g/mol. The first-order chi connectivity index (χ1) is 19.5. The third-order valence-electron chi connectivity index (χ3n) is 5.31. The van der Waals surface area contributed by atoms with E-state index >= 15 is 0 Å². The fourth-order valence-electron chi connectivity index (χ4n) is 3.50. The van der Waals surface area contributed by atoms with Gasteiger partial charge in [-0.25, -0.2) is 14.4 Å². The topological polar surface area (TPSA) is 148 Å². The van der Waals surface area contributed by atoms with E-state index in [9.17, 15) is 19.5 Å². The number of aliphatic hydroxyl groups is 1. The maximum Gasteiger partial charge on any atom is 0.437 e. The van der Waals surface area contributed by atoms with Crippen LogP contribution in [0.1, 0.15) is 59.9 Å². The molecule has 4 N–H and O–H groups in total. The van der Waals surface area contributed by atoms with Crippen LogP contribution in [0.3, 0.4) is 0 Å².